The number of carbonyl (C=O) groups excluding carboxylic acids is 2. The lowest BCUT2D eigenvalue weighted by atomic mass is 10.1. The van der Waals surface area contributed by atoms with E-state index in [1.54, 1.807) is 30.3 Å². The van der Waals surface area contributed by atoms with E-state index in [1.807, 2.05) is 60.7 Å². The SMILES string of the molecule is O=C(NC(Cc1ccc(OS(=O)(=O)c2ccccc2)cc1)C(=O)OCc1ccccc1)OCc1ccccc1. The summed E-state index contributed by atoms with van der Waals surface area (Å²) < 4.78 is 40.9. The van der Waals surface area contributed by atoms with Crippen LogP contribution in [-0.2, 0) is 44.0 Å². The van der Waals surface area contributed by atoms with Crippen LogP contribution in [0.2, 0.25) is 0 Å². The summed E-state index contributed by atoms with van der Waals surface area (Å²) in [5.74, 6) is -0.525. The lowest BCUT2D eigenvalue weighted by Crippen LogP contribution is -2.43. The number of amides is 1. The highest BCUT2D eigenvalue weighted by Crippen LogP contribution is 2.20. The summed E-state index contributed by atoms with van der Waals surface area (Å²) in [6.07, 6.45) is -0.686. The van der Waals surface area contributed by atoms with E-state index in [2.05, 4.69) is 5.32 Å². The molecular formula is C30H27NO7S. The topological polar surface area (TPSA) is 108 Å². The van der Waals surface area contributed by atoms with Crippen molar-refractivity contribution in [2.24, 2.45) is 0 Å². The fourth-order valence-corrected chi connectivity index (χ4v) is 4.56. The average molecular weight is 546 g/mol. The van der Waals surface area contributed by atoms with Crippen molar-refractivity contribution in [1.29, 1.82) is 0 Å². The molecule has 1 N–H and O–H groups in total. The van der Waals surface area contributed by atoms with E-state index in [-0.39, 0.29) is 30.3 Å². The van der Waals surface area contributed by atoms with Gasteiger partial charge >= 0.3 is 22.2 Å². The molecule has 0 radical (unpaired) electrons. The Morgan fingerprint density at radius 3 is 1.72 bits per heavy atom. The van der Waals surface area contributed by atoms with E-state index in [9.17, 15) is 18.0 Å². The van der Waals surface area contributed by atoms with Crippen molar-refractivity contribution in [3.05, 3.63) is 132 Å². The molecule has 9 heteroatoms. The van der Waals surface area contributed by atoms with Gasteiger partial charge in [0.15, 0.2) is 0 Å². The molecular weight excluding hydrogens is 518 g/mol. The Kier molecular flexibility index (Phi) is 9.31. The summed E-state index contributed by atoms with van der Waals surface area (Å²) in [5, 5.41) is 2.58. The molecule has 1 amide bonds. The molecule has 1 atom stereocenters. The van der Waals surface area contributed by atoms with Crippen molar-refractivity contribution in [2.75, 3.05) is 0 Å². The van der Waals surface area contributed by atoms with Crippen molar-refractivity contribution < 1.29 is 31.7 Å². The van der Waals surface area contributed by atoms with E-state index in [0.29, 0.717) is 5.56 Å². The maximum atomic E-state index is 12.9. The highest BCUT2D eigenvalue weighted by Gasteiger charge is 2.24. The first kappa shape index (κ1) is 27.4. The minimum absolute atomic E-state index is 0.0357. The Balaban J connectivity index is 1.42. The van der Waals surface area contributed by atoms with E-state index >= 15 is 0 Å². The molecule has 200 valence electrons. The average Bonchev–Trinajstić information content (AvgIpc) is 2.97. The lowest BCUT2D eigenvalue weighted by molar-refractivity contribution is -0.147. The summed E-state index contributed by atoms with van der Waals surface area (Å²) in [7, 11) is -3.99. The molecule has 0 saturated heterocycles. The minimum atomic E-state index is -3.99. The fraction of sp³-hybridized carbons (Fsp3) is 0.133. The van der Waals surface area contributed by atoms with Crippen LogP contribution in [0, 0.1) is 0 Å². The molecule has 4 aromatic rings. The van der Waals surface area contributed by atoms with Gasteiger partial charge in [0.1, 0.15) is 29.9 Å². The second-order valence-corrected chi connectivity index (χ2v) is 10.1. The van der Waals surface area contributed by atoms with Crippen molar-refractivity contribution in [1.82, 2.24) is 5.32 Å². The summed E-state index contributed by atoms with van der Waals surface area (Å²) in [6.45, 7) is 0.0847. The van der Waals surface area contributed by atoms with Crippen LogP contribution in [0.4, 0.5) is 4.79 Å². The van der Waals surface area contributed by atoms with Crippen molar-refractivity contribution in [3.63, 3.8) is 0 Å². The molecule has 4 aromatic carbocycles. The quantitative estimate of drug-likeness (QED) is 0.208. The first-order valence-corrected chi connectivity index (χ1v) is 13.6. The normalized spacial score (nSPS) is 11.7. The lowest BCUT2D eigenvalue weighted by Gasteiger charge is -2.18. The molecule has 0 bridgehead atoms. The monoisotopic (exact) mass is 545 g/mol. The number of carbonyl (C=O) groups is 2. The first-order valence-electron chi connectivity index (χ1n) is 12.2. The van der Waals surface area contributed by atoms with Crippen LogP contribution < -0.4 is 9.50 Å². The van der Waals surface area contributed by atoms with Crippen molar-refractivity contribution >= 4 is 22.2 Å². The fourth-order valence-electron chi connectivity index (χ4n) is 3.61. The maximum Gasteiger partial charge on any atom is 0.408 e. The number of hydrogen-bond donors (Lipinski definition) is 1. The second-order valence-electron chi connectivity index (χ2n) is 8.55. The van der Waals surface area contributed by atoms with Gasteiger partial charge in [-0.05, 0) is 41.0 Å². The second kappa shape index (κ2) is 13.3. The minimum Gasteiger partial charge on any atom is -0.459 e. The van der Waals surface area contributed by atoms with Gasteiger partial charge in [0.25, 0.3) is 0 Å². The van der Waals surface area contributed by atoms with Gasteiger partial charge in [0, 0.05) is 6.42 Å². The Bertz CT molecular complexity index is 1460. The van der Waals surface area contributed by atoms with Crippen LogP contribution in [0.15, 0.2) is 120 Å². The molecule has 0 fully saturated rings. The Morgan fingerprint density at radius 1 is 0.641 bits per heavy atom. The third kappa shape index (κ3) is 8.44. The zero-order valence-corrected chi connectivity index (χ0v) is 21.8. The number of alkyl carbamates (subject to hydrolysis) is 1. The third-order valence-electron chi connectivity index (χ3n) is 5.61. The summed E-state index contributed by atoms with van der Waals surface area (Å²) in [6, 6.07) is 31.3. The van der Waals surface area contributed by atoms with Gasteiger partial charge in [-0.25, -0.2) is 9.59 Å². The highest BCUT2D eigenvalue weighted by atomic mass is 32.2. The van der Waals surface area contributed by atoms with Crippen LogP contribution in [-0.4, -0.2) is 26.5 Å². The van der Waals surface area contributed by atoms with Crippen LogP contribution in [0.25, 0.3) is 0 Å². The summed E-state index contributed by atoms with van der Waals surface area (Å²) in [4.78, 5) is 25.5. The number of rotatable bonds is 11. The molecule has 8 nitrogen and oxygen atoms in total. The van der Waals surface area contributed by atoms with Gasteiger partial charge in [0.2, 0.25) is 0 Å². The van der Waals surface area contributed by atoms with E-state index < -0.39 is 28.2 Å². The number of nitrogens with one attached hydrogen (secondary N) is 1. The highest BCUT2D eigenvalue weighted by molar-refractivity contribution is 7.87. The Morgan fingerprint density at radius 2 is 1.15 bits per heavy atom. The van der Waals surface area contributed by atoms with Gasteiger partial charge in [-0.3, -0.25) is 0 Å². The predicted molar refractivity (Wildman–Crippen MR) is 144 cm³/mol. The molecule has 0 aliphatic rings. The third-order valence-corrected chi connectivity index (χ3v) is 6.88. The van der Waals surface area contributed by atoms with Crippen LogP contribution in [0.3, 0.4) is 0 Å². The number of benzene rings is 4. The molecule has 0 spiro atoms. The van der Waals surface area contributed by atoms with Gasteiger partial charge in [-0.2, -0.15) is 8.42 Å². The summed E-state index contributed by atoms with van der Waals surface area (Å²) in [5.41, 5.74) is 2.25. The molecule has 0 aliphatic carbocycles. The zero-order valence-electron chi connectivity index (χ0n) is 20.9. The maximum absolute atomic E-state index is 12.9. The van der Waals surface area contributed by atoms with Crippen LogP contribution >= 0.6 is 0 Å². The summed E-state index contributed by atoms with van der Waals surface area (Å²) >= 11 is 0. The van der Waals surface area contributed by atoms with Crippen LogP contribution in [0.5, 0.6) is 5.75 Å². The van der Waals surface area contributed by atoms with Gasteiger partial charge in [-0.15, -0.1) is 0 Å². The molecule has 0 aliphatic heterocycles. The van der Waals surface area contributed by atoms with Gasteiger partial charge in [-0.1, -0.05) is 91.0 Å². The first-order chi connectivity index (χ1) is 18.9. The Hall–Kier alpha value is -4.63. The molecule has 0 heterocycles. The number of ether oxygens (including phenoxy) is 2. The van der Waals surface area contributed by atoms with E-state index in [4.69, 9.17) is 13.7 Å². The van der Waals surface area contributed by atoms with Gasteiger partial charge in [0.05, 0.1) is 0 Å². The van der Waals surface area contributed by atoms with Gasteiger partial charge < -0.3 is 19.0 Å². The van der Waals surface area contributed by atoms with Crippen molar-refractivity contribution in [2.45, 2.75) is 30.6 Å². The van der Waals surface area contributed by atoms with Crippen molar-refractivity contribution in [3.8, 4) is 5.75 Å². The predicted octanol–water partition coefficient (Wildman–Crippen LogP) is 5.04. The molecule has 0 aromatic heterocycles. The Labute approximate surface area is 227 Å². The molecule has 39 heavy (non-hydrogen) atoms. The molecule has 0 saturated carbocycles. The largest absolute Gasteiger partial charge is 0.459 e. The molecule has 4 rings (SSSR count). The zero-order chi connectivity index (χ0) is 27.5. The van der Waals surface area contributed by atoms with Crippen LogP contribution in [0.1, 0.15) is 16.7 Å². The molecule has 1 unspecified atom stereocenters. The van der Waals surface area contributed by atoms with E-state index in [1.165, 1.54) is 24.3 Å². The number of esters is 1. The smallest absolute Gasteiger partial charge is 0.408 e. The number of hydrogen-bond acceptors (Lipinski definition) is 7. The van der Waals surface area contributed by atoms with E-state index in [0.717, 1.165) is 11.1 Å². The standard InChI is InChI=1S/C30H27NO7S/c32-29(36-21-24-10-4-1-5-11-24)28(31-30(33)37-22-25-12-6-2-7-13-25)20-23-16-18-26(19-17-23)38-39(34,35)27-14-8-3-9-15-27/h1-19,28H,20-22H2,(H,31,33).